The Bertz CT molecular complexity index is 1050. The molecule has 0 radical (unpaired) electrons. The molecule has 0 bridgehead atoms. The van der Waals surface area contributed by atoms with Crippen molar-refractivity contribution in [2.24, 2.45) is 0 Å². The van der Waals surface area contributed by atoms with Crippen molar-refractivity contribution in [3.05, 3.63) is 72.8 Å². The minimum Gasteiger partial charge on any atom is -0.443 e. The Balaban J connectivity index is 2.05. The van der Waals surface area contributed by atoms with Crippen molar-refractivity contribution < 1.29 is 5.02 Å². The molecule has 22 heavy (non-hydrogen) atoms. The smallest absolute Gasteiger partial charge is 0.360 e. The standard InChI is InChI=1S/C20H13BO/c22-21-17-10-4-7-14-6-3-9-16(19(14)17)20-15-8-2-1-5-13(15)11-12-18(20)21/h1-12,22H. The summed E-state index contributed by atoms with van der Waals surface area (Å²) >= 11 is 0. The van der Waals surface area contributed by atoms with Gasteiger partial charge in [-0.3, -0.25) is 0 Å². The molecule has 0 aromatic heterocycles. The van der Waals surface area contributed by atoms with Gasteiger partial charge in [0.1, 0.15) is 0 Å². The fraction of sp³-hybridized carbons (Fsp3) is 0. The number of fused-ring (bicyclic) bond motifs is 4. The van der Waals surface area contributed by atoms with E-state index >= 15 is 0 Å². The second-order valence-electron chi connectivity index (χ2n) is 5.90. The number of benzene rings is 4. The van der Waals surface area contributed by atoms with Crippen LogP contribution in [0.5, 0.6) is 0 Å². The maximum Gasteiger partial charge on any atom is 0.360 e. The van der Waals surface area contributed by atoms with Crippen LogP contribution in [0.2, 0.25) is 0 Å². The van der Waals surface area contributed by atoms with Gasteiger partial charge in [-0.2, -0.15) is 0 Å². The summed E-state index contributed by atoms with van der Waals surface area (Å²) in [6, 6.07) is 25.1. The molecular weight excluding hydrogens is 267 g/mol. The third kappa shape index (κ3) is 1.43. The molecule has 0 fully saturated rings. The van der Waals surface area contributed by atoms with Gasteiger partial charge in [-0.25, -0.2) is 0 Å². The predicted molar refractivity (Wildman–Crippen MR) is 94.1 cm³/mol. The molecule has 1 heterocycles. The van der Waals surface area contributed by atoms with E-state index in [1.165, 1.54) is 32.7 Å². The summed E-state index contributed by atoms with van der Waals surface area (Å²) in [5.74, 6) is 0. The van der Waals surface area contributed by atoms with Gasteiger partial charge >= 0.3 is 6.92 Å². The van der Waals surface area contributed by atoms with Crippen molar-refractivity contribution in [2.45, 2.75) is 0 Å². The van der Waals surface area contributed by atoms with Crippen LogP contribution in [-0.2, 0) is 0 Å². The van der Waals surface area contributed by atoms with Crippen LogP contribution in [0.3, 0.4) is 0 Å². The molecule has 1 aliphatic rings. The molecule has 1 aliphatic heterocycles. The maximum absolute atomic E-state index is 10.9. The number of hydrogen-bond acceptors (Lipinski definition) is 1. The fourth-order valence-corrected chi connectivity index (χ4v) is 3.79. The molecule has 0 amide bonds. The van der Waals surface area contributed by atoms with Crippen molar-refractivity contribution in [1.29, 1.82) is 0 Å². The quantitative estimate of drug-likeness (QED) is 0.491. The van der Waals surface area contributed by atoms with Gasteiger partial charge in [0.05, 0.1) is 0 Å². The van der Waals surface area contributed by atoms with Crippen molar-refractivity contribution in [2.75, 3.05) is 0 Å². The molecule has 0 atom stereocenters. The molecule has 0 saturated heterocycles. The number of rotatable bonds is 0. The van der Waals surface area contributed by atoms with Gasteiger partial charge in [0.2, 0.25) is 0 Å². The topological polar surface area (TPSA) is 20.2 Å². The molecule has 0 aliphatic carbocycles. The molecule has 4 aromatic carbocycles. The monoisotopic (exact) mass is 280 g/mol. The molecule has 2 heteroatoms. The third-order valence-electron chi connectivity index (χ3n) is 4.76. The first-order valence-corrected chi connectivity index (χ1v) is 7.56. The Morgan fingerprint density at radius 3 is 2.32 bits per heavy atom. The Kier molecular flexibility index (Phi) is 2.30. The Hall–Kier alpha value is -2.58. The van der Waals surface area contributed by atoms with Gasteiger partial charge in [0.15, 0.2) is 0 Å². The molecule has 5 rings (SSSR count). The lowest BCUT2D eigenvalue weighted by Gasteiger charge is -2.24. The van der Waals surface area contributed by atoms with Crippen LogP contribution >= 0.6 is 0 Å². The molecule has 1 N–H and O–H groups in total. The summed E-state index contributed by atoms with van der Waals surface area (Å²) < 4.78 is 0. The Morgan fingerprint density at radius 2 is 1.41 bits per heavy atom. The SMILES string of the molecule is OB1c2ccc3ccccc3c2-c2cccc3cccc1c23. The summed E-state index contributed by atoms with van der Waals surface area (Å²) in [6.45, 7) is -0.557. The summed E-state index contributed by atoms with van der Waals surface area (Å²) in [4.78, 5) is 0. The van der Waals surface area contributed by atoms with Crippen LogP contribution in [0.25, 0.3) is 32.7 Å². The highest BCUT2D eigenvalue weighted by molar-refractivity contribution is 6.83. The van der Waals surface area contributed by atoms with Gasteiger partial charge < -0.3 is 5.02 Å². The van der Waals surface area contributed by atoms with Gasteiger partial charge in [-0.15, -0.1) is 0 Å². The van der Waals surface area contributed by atoms with Gasteiger partial charge in [-0.1, -0.05) is 72.8 Å². The first-order chi connectivity index (χ1) is 10.8. The van der Waals surface area contributed by atoms with E-state index in [9.17, 15) is 5.02 Å². The highest BCUT2D eigenvalue weighted by Crippen LogP contribution is 2.34. The first-order valence-electron chi connectivity index (χ1n) is 7.56. The summed E-state index contributed by atoms with van der Waals surface area (Å²) in [5, 5.41) is 15.7. The highest BCUT2D eigenvalue weighted by atomic mass is 16.2. The Labute approximate surface area is 128 Å². The zero-order chi connectivity index (χ0) is 14.7. The molecule has 102 valence electrons. The normalized spacial score (nSPS) is 12.7. The fourth-order valence-electron chi connectivity index (χ4n) is 3.79. The van der Waals surface area contributed by atoms with Crippen LogP contribution < -0.4 is 10.9 Å². The summed E-state index contributed by atoms with van der Waals surface area (Å²) in [5.41, 5.74) is 4.42. The average Bonchev–Trinajstić information content (AvgIpc) is 2.58. The number of hydrogen-bond donors (Lipinski definition) is 1. The second kappa shape index (κ2) is 4.22. The average molecular weight is 280 g/mol. The van der Waals surface area contributed by atoms with Crippen LogP contribution in [0, 0.1) is 0 Å². The van der Waals surface area contributed by atoms with Crippen LogP contribution in [0.1, 0.15) is 0 Å². The van der Waals surface area contributed by atoms with Crippen LogP contribution in [0.15, 0.2) is 72.8 Å². The van der Waals surface area contributed by atoms with E-state index in [0.29, 0.717) is 0 Å². The zero-order valence-corrected chi connectivity index (χ0v) is 12.0. The molecule has 4 aromatic rings. The van der Waals surface area contributed by atoms with Crippen molar-refractivity contribution >= 4 is 39.4 Å². The van der Waals surface area contributed by atoms with E-state index in [-0.39, 0.29) is 0 Å². The van der Waals surface area contributed by atoms with E-state index < -0.39 is 6.92 Å². The molecule has 1 nitrogen and oxygen atoms in total. The minimum absolute atomic E-state index is 0.557. The van der Waals surface area contributed by atoms with E-state index in [1.54, 1.807) is 0 Å². The third-order valence-corrected chi connectivity index (χ3v) is 4.76. The molecule has 0 saturated carbocycles. The van der Waals surface area contributed by atoms with Gasteiger partial charge in [0, 0.05) is 0 Å². The first kappa shape index (κ1) is 12.0. The van der Waals surface area contributed by atoms with E-state index in [0.717, 1.165) is 10.9 Å². The van der Waals surface area contributed by atoms with Gasteiger partial charge in [-0.05, 0) is 43.6 Å². The van der Waals surface area contributed by atoms with Gasteiger partial charge in [0.25, 0.3) is 0 Å². The maximum atomic E-state index is 10.9. The molecule has 0 spiro atoms. The van der Waals surface area contributed by atoms with Crippen LogP contribution in [-0.4, -0.2) is 11.9 Å². The summed E-state index contributed by atoms with van der Waals surface area (Å²) in [7, 11) is 0. The second-order valence-corrected chi connectivity index (χ2v) is 5.90. The summed E-state index contributed by atoms with van der Waals surface area (Å²) in [6.07, 6.45) is 0. The van der Waals surface area contributed by atoms with E-state index in [4.69, 9.17) is 0 Å². The Morgan fingerprint density at radius 1 is 0.636 bits per heavy atom. The van der Waals surface area contributed by atoms with Crippen molar-refractivity contribution in [3.63, 3.8) is 0 Å². The zero-order valence-electron chi connectivity index (χ0n) is 12.0. The lowest BCUT2D eigenvalue weighted by atomic mass is 9.50. The largest absolute Gasteiger partial charge is 0.443 e. The lowest BCUT2D eigenvalue weighted by Crippen LogP contribution is -2.46. The molecular formula is C20H13BO. The highest BCUT2D eigenvalue weighted by Gasteiger charge is 2.30. The van der Waals surface area contributed by atoms with Crippen molar-refractivity contribution in [3.8, 4) is 11.1 Å². The predicted octanol–water partition coefficient (Wildman–Crippen LogP) is 3.07. The van der Waals surface area contributed by atoms with Crippen LogP contribution in [0.4, 0.5) is 0 Å². The molecule has 0 unspecified atom stereocenters. The van der Waals surface area contributed by atoms with Crippen molar-refractivity contribution in [1.82, 2.24) is 0 Å². The van der Waals surface area contributed by atoms with E-state index in [2.05, 4.69) is 60.7 Å². The minimum atomic E-state index is -0.557. The lowest BCUT2D eigenvalue weighted by molar-refractivity contribution is 0.600. The van der Waals surface area contributed by atoms with E-state index in [1.807, 2.05) is 12.1 Å².